The number of hydrogen-bond donors (Lipinski definition) is 0. The van der Waals surface area contributed by atoms with Gasteiger partial charge in [-0.3, -0.25) is 14.4 Å². The van der Waals surface area contributed by atoms with Crippen LogP contribution in [-0.4, -0.2) is 30.9 Å². The zero-order valence-electron chi connectivity index (χ0n) is 20.7. The topological polar surface area (TPSA) is 69.7 Å². The Balaban J connectivity index is 1.50. The second kappa shape index (κ2) is 8.76. The highest BCUT2D eigenvalue weighted by Crippen LogP contribution is 2.67. The summed E-state index contributed by atoms with van der Waals surface area (Å²) in [4.78, 5) is 37.0. The predicted molar refractivity (Wildman–Crippen MR) is 122 cm³/mol. The maximum Gasteiger partial charge on any atom is 0.305 e. The number of carbonyl (C=O) groups excluding carboxylic acids is 3. The Bertz CT molecular complexity index is 761. The summed E-state index contributed by atoms with van der Waals surface area (Å²) in [5.74, 6) is 2.85. The summed E-state index contributed by atoms with van der Waals surface area (Å²) in [6, 6.07) is 0. The van der Waals surface area contributed by atoms with E-state index in [0.717, 1.165) is 38.5 Å². The van der Waals surface area contributed by atoms with E-state index in [9.17, 15) is 14.4 Å². The van der Waals surface area contributed by atoms with Crippen LogP contribution in [0.15, 0.2) is 0 Å². The zero-order valence-corrected chi connectivity index (χ0v) is 20.7. The van der Waals surface area contributed by atoms with Crippen LogP contribution in [0.3, 0.4) is 0 Å². The predicted octanol–water partition coefficient (Wildman–Crippen LogP) is 5.35. The third-order valence-corrected chi connectivity index (χ3v) is 10.4. The van der Waals surface area contributed by atoms with Gasteiger partial charge >= 0.3 is 11.9 Å². The molecule has 0 bridgehead atoms. The molecule has 5 heteroatoms. The third-order valence-electron chi connectivity index (χ3n) is 10.4. The number of esters is 2. The zero-order chi connectivity index (χ0) is 23.3. The molecule has 9 atom stereocenters. The number of methoxy groups -OCH3 is 1. The maximum atomic E-state index is 13.8. The molecule has 4 unspecified atom stereocenters. The number of carbonyl (C=O) groups is 3. The molecule has 0 N–H and O–H groups in total. The fourth-order valence-corrected chi connectivity index (χ4v) is 9.00. The molecular weight excluding hydrogens is 404 g/mol. The molecule has 0 aromatic heterocycles. The van der Waals surface area contributed by atoms with Crippen LogP contribution in [0, 0.1) is 46.3 Å². The number of ketones is 1. The summed E-state index contributed by atoms with van der Waals surface area (Å²) in [5.41, 5.74) is 0.110. The molecule has 0 aromatic rings. The smallest absolute Gasteiger partial charge is 0.305 e. The van der Waals surface area contributed by atoms with Crippen LogP contribution in [-0.2, 0) is 23.9 Å². The average Bonchev–Trinajstić information content (AvgIpc) is 3.07. The van der Waals surface area contributed by atoms with E-state index < -0.39 is 0 Å². The average molecular weight is 447 g/mol. The van der Waals surface area contributed by atoms with Gasteiger partial charge in [-0.2, -0.15) is 0 Å². The molecule has 180 valence electrons. The van der Waals surface area contributed by atoms with Crippen molar-refractivity contribution in [3.05, 3.63) is 0 Å². The summed E-state index contributed by atoms with van der Waals surface area (Å²) in [7, 11) is 1.45. The maximum absolute atomic E-state index is 13.8. The molecule has 0 spiro atoms. The van der Waals surface area contributed by atoms with Crippen molar-refractivity contribution in [2.75, 3.05) is 7.11 Å². The molecule has 4 aliphatic carbocycles. The Labute approximate surface area is 193 Å². The third kappa shape index (κ3) is 3.92. The minimum atomic E-state index is -0.185. The van der Waals surface area contributed by atoms with Crippen LogP contribution in [0.25, 0.3) is 0 Å². The first-order chi connectivity index (χ1) is 15.1. The second-order valence-electron chi connectivity index (χ2n) is 12.0. The highest BCUT2D eigenvalue weighted by molar-refractivity contribution is 5.84. The van der Waals surface area contributed by atoms with Crippen LogP contribution >= 0.6 is 0 Å². The van der Waals surface area contributed by atoms with Crippen molar-refractivity contribution in [3.63, 3.8) is 0 Å². The van der Waals surface area contributed by atoms with Crippen LogP contribution in [0.1, 0.15) is 91.9 Å². The monoisotopic (exact) mass is 446 g/mol. The van der Waals surface area contributed by atoms with Crippen molar-refractivity contribution in [1.82, 2.24) is 0 Å². The molecule has 0 saturated heterocycles. The van der Waals surface area contributed by atoms with Gasteiger partial charge in [0.05, 0.1) is 7.11 Å². The summed E-state index contributed by atoms with van der Waals surface area (Å²) < 4.78 is 10.4. The number of fused-ring (bicyclic) bond motifs is 5. The Morgan fingerprint density at radius 3 is 2.53 bits per heavy atom. The molecule has 0 aromatic carbocycles. The van der Waals surface area contributed by atoms with E-state index in [4.69, 9.17) is 9.47 Å². The van der Waals surface area contributed by atoms with Crippen molar-refractivity contribution < 1.29 is 23.9 Å². The highest BCUT2D eigenvalue weighted by atomic mass is 16.5. The van der Waals surface area contributed by atoms with Gasteiger partial charge in [-0.05, 0) is 91.8 Å². The Morgan fingerprint density at radius 1 is 1.09 bits per heavy atom. The lowest BCUT2D eigenvalue weighted by Gasteiger charge is -2.60. The van der Waals surface area contributed by atoms with E-state index >= 15 is 0 Å². The minimum Gasteiger partial charge on any atom is -0.469 e. The second-order valence-corrected chi connectivity index (χ2v) is 12.0. The fraction of sp³-hybridized carbons (Fsp3) is 0.889. The highest BCUT2D eigenvalue weighted by Gasteiger charge is 2.63. The number of ether oxygens (including phenoxy) is 2. The van der Waals surface area contributed by atoms with Gasteiger partial charge in [0.2, 0.25) is 0 Å². The van der Waals surface area contributed by atoms with Crippen molar-refractivity contribution in [1.29, 1.82) is 0 Å². The van der Waals surface area contributed by atoms with Gasteiger partial charge in [-0.25, -0.2) is 0 Å². The first-order valence-electron chi connectivity index (χ1n) is 12.9. The lowest BCUT2D eigenvalue weighted by molar-refractivity contribution is -0.169. The quantitative estimate of drug-likeness (QED) is 0.533. The van der Waals surface area contributed by atoms with Gasteiger partial charge in [-0.1, -0.05) is 20.8 Å². The van der Waals surface area contributed by atoms with E-state index in [-0.39, 0.29) is 34.8 Å². The summed E-state index contributed by atoms with van der Waals surface area (Å²) in [6.45, 7) is 8.51. The molecule has 32 heavy (non-hydrogen) atoms. The lowest BCUT2D eigenvalue weighted by Crippen LogP contribution is -2.58. The first-order valence-corrected chi connectivity index (χ1v) is 12.9. The summed E-state index contributed by atoms with van der Waals surface area (Å²) >= 11 is 0. The molecule has 4 rings (SSSR count). The van der Waals surface area contributed by atoms with Gasteiger partial charge in [0.25, 0.3) is 0 Å². The molecule has 4 aliphatic rings. The standard InChI is InChI=1S/C27H42O5/c1-16(6-11-24(30)31-5)21-9-10-22-20-8-7-18-14-19(32-17(2)28)12-13-26(18,3)25(20)23(29)15-27(21,22)4/h16,18-22,25H,6-15H2,1-5H3/t16-,18-,19+,20?,21?,22?,25?,26+,27-/m1/s1. The van der Waals surface area contributed by atoms with Crippen molar-refractivity contribution >= 4 is 17.7 Å². The SMILES string of the molecule is COC(=O)CC[C@@H](C)C1CCC2C3CC[C@@H]4C[C@@H](OC(C)=O)CC[C@]4(C)C3C(=O)C[C@@]21C. The Morgan fingerprint density at radius 2 is 1.84 bits per heavy atom. The Kier molecular flexibility index (Phi) is 6.50. The molecule has 0 amide bonds. The van der Waals surface area contributed by atoms with Gasteiger partial charge < -0.3 is 9.47 Å². The molecule has 0 aliphatic heterocycles. The van der Waals surface area contributed by atoms with Crippen LogP contribution < -0.4 is 0 Å². The van der Waals surface area contributed by atoms with E-state index in [2.05, 4.69) is 20.8 Å². The van der Waals surface area contributed by atoms with Gasteiger partial charge in [0, 0.05) is 25.7 Å². The van der Waals surface area contributed by atoms with E-state index in [0.29, 0.717) is 48.2 Å². The van der Waals surface area contributed by atoms with Crippen molar-refractivity contribution in [2.24, 2.45) is 46.3 Å². The van der Waals surface area contributed by atoms with Crippen LogP contribution in [0.2, 0.25) is 0 Å². The summed E-state index contributed by atoms with van der Waals surface area (Å²) in [6.07, 6.45) is 9.51. The van der Waals surface area contributed by atoms with E-state index in [1.54, 1.807) is 0 Å². The van der Waals surface area contributed by atoms with Crippen molar-refractivity contribution in [3.8, 4) is 0 Å². The van der Waals surface area contributed by atoms with Crippen LogP contribution in [0.5, 0.6) is 0 Å². The number of rotatable bonds is 5. The van der Waals surface area contributed by atoms with Gasteiger partial charge in [0.1, 0.15) is 11.9 Å². The lowest BCUT2D eigenvalue weighted by atomic mass is 9.44. The number of hydrogen-bond acceptors (Lipinski definition) is 5. The van der Waals surface area contributed by atoms with Crippen molar-refractivity contribution in [2.45, 2.75) is 98.0 Å². The first kappa shape index (κ1) is 23.8. The van der Waals surface area contributed by atoms with Gasteiger partial charge in [0.15, 0.2) is 0 Å². The van der Waals surface area contributed by atoms with Gasteiger partial charge in [-0.15, -0.1) is 0 Å². The molecule has 4 fully saturated rings. The number of Topliss-reactive ketones (excluding diaryl/α,β-unsaturated/α-hetero) is 1. The normalized spacial score (nSPS) is 44.1. The van der Waals surface area contributed by atoms with E-state index in [1.165, 1.54) is 26.9 Å². The largest absolute Gasteiger partial charge is 0.469 e. The minimum absolute atomic E-state index is 0.0256. The van der Waals surface area contributed by atoms with E-state index in [1.807, 2.05) is 0 Å². The molecule has 0 heterocycles. The molecule has 0 radical (unpaired) electrons. The Hall–Kier alpha value is -1.39. The molecule has 4 saturated carbocycles. The molecule has 5 nitrogen and oxygen atoms in total. The van der Waals surface area contributed by atoms with Crippen LogP contribution in [0.4, 0.5) is 0 Å². The summed E-state index contributed by atoms with van der Waals surface area (Å²) in [5, 5.41) is 0. The fourth-order valence-electron chi connectivity index (χ4n) is 9.00. The molecular formula is C27H42O5.